The molecular weight excluding hydrogens is 340 g/mol. The lowest BCUT2D eigenvalue weighted by molar-refractivity contribution is -0.127. The number of likely N-dealkylation sites (N-methyl/N-ethyl adjacent to an activating group) is 1. The molecule has 0 atom stereocenters. The summed E-state index contributed by atoms with van der Waals surface area (Å²) in [6.07, 6.45) is 1.64. The third-order valence-corrected chi connectivity index (χ3v) is 5.19. The van der Waals surface area contributed by atoms with E-state index in [2.05, 4.69) is 0 Å². The van der Waals surface area contributed by atoms with Crippen LogP contribution in [0.5, 0.6) is 0 Å². The smallest absolute Gasteiger partial charge is 0.270 e. The van der Waals surface area contributed by atoms with Gasteiger partial charge in [-0.1, -0.05) is 17.7 Å². The summed E-state index contributed by atoms with van der Waals surface area (Å²) in [4.78, 5) is 30.2. The van der Waals surface area contributed by atoms with E-state index < -0.39 is 5.91 Å². The molecule has 0 bridgehead atoms. The van der Waals surface area contributed by atoms with Crippen LogP contribution in [0.15, 0.2) is 42.0 Å². The number of thiocarbonyl (C=S) groups is 1. The van der Waals surface area contributed by atoms with E-state index in [9.17, 15) is 9.59 Å². The first-order chi connectivity index (χ1) is 11.4. The Bertz CT molecular complexity index is 865. The van der Waals surface area contributed by atoms with Crippen molar-refractivity contribution in [2.24, 2.45) is 0 Å². The molecule has 1 aliphatic heterocycles. The van der Waals surface area contributed by atoms with Crippen molar-refractivity contribution < 1.29 is 9.59 Å². The molecule has 0 radical (unpaired) electrons. The van der Waals surface area contributed by atoms with Gasteiger partial charge in [-0.15, -0.1) is 11.3 Å². The number of hydrogen-bond donors (Lipinski definition) is 0. The minimum atomic E-state index is -0.391. The molecule has 6 heteroatoms. The lowest BCUT2D eigenvalue weighted by Gasteiger charge is -2.34. The molecule has 122 valence electrons. The number of aryl methyl sites for hydroxylation is 2. The zero-order valence-corrected chi connectivity index (χ0v) is 15.2. The Kier molecular flexibility index (Phi) is 4.34. The first kappa shape index (κ1) is 16.5. The highest BCUT2D eigenvalue weighted by Crippen LogP contribution is 2.27. The second-order valence-electron chi connectivity index (χ2n) is 5.63. The van der Waals surface area contributed by atoms with Gasteiger partial charge in [0, 0.05) is 16.8 Å². The summed E-state index contributed by atoms with van der Waals surface area (Å²) >= 11 is 6.86. The van der Waals surface area contributed by atoms with E-state index >= 15 is 0 Å². The van der Waals surface area contributed by atoms with Crippen molar-refractivity contribution in [1.82, 2.24) is 4.90 Å². The standard InChI is InChI=1S/C18H16N2O2S2/c1-11-4-7-13(8-5-11)20-17(22)15(16(21)19(3)18(20)23)10-14-9-6-12(2)24-14/h4-10H,1-3H3. The Morgan fingerprint density at radius 3 is 2.25 bits per heavy atom. The van der Waals surface area contributed by atoms with E-state index in [0.29, 0.717) is 5.69 Å². The average molecular weight is 356 g/mol. The van der Waals surface area contributed by atoms with Crippen LogP contribution in [-0.4, -0.2) is 28.9 Å². The molecule has 1 saturated heterocycles. The van der Waals surface area contributed by atoms with Crippen molar-refractivity contribution in [3.8, 4) is 0 Å². The van der Waals surface area contributed by atoms with Crippen LogP contribution < -0.4 is 4.90 Å². The van der Waals surface area contributed by atoms with Crippen molar-refractivity contribution in [3.63, 3.8) is 0 Å². The second-order valence-corrected chi connectivity index (χ2v) is 7.31. The number of thiophene rings is 1. The van der Waals surface area contributed by atoms with Crippen LogP contribution in [0.3, 0.4) is 0 Å². The predicted octanol–water partition coefficient (Wildman–Crippen LogP) is 3.54. The summed E-state index contributed by atoms with van der Waals surface area (Å²) in [7, 11) is 1.59. The zero-order valence-electron chi connectivity index (χ0n) is 13.6. The molecule has 0 aliphatic carbocycles. The van der Waals surface area contributed by atoms with E-state index in [-0.39, 0.29) is 16.6 Å². The molecular formula is C18H16N2O2S2. The molecule has 24 heavy (non-hydrogen) atoms. The first-order valence-electron chi connectivity index (χ1n) is 7.40. The highest BCUT2D eigenvalue weighted by atomic mass is 32.1. The molecule has 0 spiro atoms. The van der Waals surface area contributed by atoms with Crippen LogP contribution in [0.4, 0.5) is 5.69 Å². The summed E-state index contributed by atoms with van der Waals surface area (Å²) in [6, 6.07) is 11.3. The van der Waals surface area contributed by atoms with Gasteiger partial charge in [-0.3, -0.25) is 19.4 Å². The molecule has 2 heterocycles. The first-order valence-corrected chi connectivity index (χ1v) is 8.62. The summed E-state index contributed by atoms with van der Waals surface area (Å²) in [5.74, 6) is -0.766. The number of anilines is 1. The minimum absolute atomic E-state index is 0.119. The van der Waals surface area contributed by atoms with Crippen LogP contribution in [0.1, 0.15) is 15.3 Å². The Hall–Kier alpha value is -2.31. The van der Waals surface area contributed by atoms with Gasteiger partial charge in [-0.05, 0) is 56.4 Å². The van der Waals surface area contributed by atoms with Gasteiger partial charge in [-0.25, -0.2) is 0 Å². The number of carbonyl (C=O) groups is 2. The fourth-order valence-electron chi connectivity index (χ4n) is 2.43. The van der Waals surface area contributed by atoms with Crippen LogP contribution in [-0.2, 0) is 9.59 Å². The molecule has 1 aromatic heterocycles. The third kappa shape index (κ3) is 2.90. The molecule has 4 nitrogen and oxygen atoms in total. The number of nitrogens with zero attached hydrogens (tertiary/aromatic N) is 2. The molecule has 1 aromatic carbocycles. The van der Waals surface area contributed by atoms with Gasteiger partial charge < -0.3 is 0 Å². The van der Waals surface area contributed by atoms with Gasteiger partial charge >= 0.3 is 0 Å². The maximum atomic E-state index is 12.9. The highest BCUT2D eigenvalue weighted by Gasteiger charge is 2.38. The Morgan fingerprint density at radius 2 is 1.67 bits per heavy atom. The highest BCUT2D eigenvalue weighted by molar-refractivity contribution is 7.80. The molecule has 2 amide bonds. The Balaban J connectivity index is 2.06. The van der Waals surface area contributed by atoms with Crippen LogP contribution in [0.25, 0.3) is 6.08 Å². The minimum Gasteiger partial charge on any atom is -0.287 e. The van der Waals surface area contributed by atoms with Crippen molar-refractivity contribution in [1.29, 1.82) is 0 Å². The normalized spacial score (nSPS) is 17.1. The summed E-state index contributed by atoms with van der Waals surface area (Å²) in [5.41, 5.74) is 1.86. The van der Waals surface area contributed by atoms with Gasteiger partial charge in [0.1, 0.15) is 5.57 Å². The largest absolute Gasteiger partial charge is 0.287 e. The quantitative estimate of drug-likeness (QED) is 0.469. The number of carbonyl (C=O) groups excluding carboxylic acids is 2. The predicted molar refractivity (Wildman–Crippen MR) is 101 cm³/mol. The van der Waals surface area contributed by atoms with E-state index in [4.69, 9.17) is 12.2 Å². The molecule has 0 unspecified atom stereocenters. The molecule has 0 saturated carbocycles. The van der Waals surface area contributed by atoms with E-state index in [1.165, 1.54) is 21.1 Å². The Morgan fingerprint density at radius 1 is 1.00 bits per heavy atom. The van der Waals surface area contributed by atoms with Crippen LogP contribution in [0, 0.1) is 13.8 Å². The van der Waals surface area contributed by atoms with Crippen molar-refractivity contribution in [2.45, 2.75) is 13.8 Å². The monoisotopic (exact) mass is 356 g/mol. The number of benzene rings is 1. The number of amides is 2. The van der Waals surface area contributed by atoms with E-state index in [0.717, 1.165) is 15.3 Å². The topological polar surface area (TPSA) is 40.6 Å². The second kappa shape index (κ2) is 6.30. The maximum absolute atomic E-state index is 12.9. The summed E-state index contributed by atoms with van der Waals surface area (Å²) < 4.78 is 0. The number of hydrogen-bond acceptors (Lipinski definition) is 4. The molecule has 2 aromatic rings. The summed E-state index contributed by atoms with van der Waals surface area (Å²) in [5, 5.41) is 0.188. The maximum Gasteiger partial charge on any atom is 0.270 e. The van der Waals surface area contributed by atoms with E-state index in [1.807, 2.05) is 50.2 Å². The summed E-state index contributed by atoms with van der Waals surface area (Å²) in [6.45, 7) is 3.96. The van der Waals surface area contributed by atoms with Crippen molar-refractivity contribution in [3.05, 3.63) is 57.3 Å². The molecule has 1 aliphatic rings. The molecule has 0 N–H and O–H groups in total. The zero-order chi connectivity index (χ0) is 17.4. The van der Waals surface area contributed by atoms with Crippen LogP contribution >= 0.6 is 23.6 Å². The molecule has 1 fully saturated rings. The van der Waals surface area contributed by atoms with Gasteiger partial charge in [-0.2, -0.15) is 0 Å². The molecule has 3 rings (SSSR count). The van der Waals surface area contributed by atoms with Gasteiger partial charge in [0.05, 0.1) is 5.69 Å². The van der Waals surface area contributed by atoms with Crippen molar-refractivity contribution in [2.75, 3.05) is 11.9 Å². The van der Waals surface area contributed by atoms with E-state index in [1.54, 1.807) is 13.1 Å². The van der Waals surface area contributed by atoms with Gasteiger partial charge in [0.15, 0.2) is 5.11 Å². The lowest BCUT2D eigenvalue weighted by atomic mass is 10.1. The third-order valence-electron chi connectivity index (χ3n) is 3.79. The fourth-order valence-corrected chi connectivity index (χ4v) is 3.53. The van der Waals surface area contributed by atoms with Crippen molar-refractivity contribution >= 4 is 52.2 Å². The van der Waals surface area contributed by atoms with Crippen LogP contribution in [0.2, 0.25) is 0 Å². The van der Waals surface area contributed by atoms with Gasteiger partial charge in [0.25, 0.3) is 11.8 Å². The SMILES string of the molecule is Cc1ccc(N2C(=O)C(=Cc3ccc(C)s3)C(=O)N(C)C2=S)cc1. The average Bonchev–Trinajstić information content (AvgIpc) is 2.97. The van der Waals surface area contributed by atoms with Gasteiger partial charge in [0.2, 0.25) is 0 Å². The fraction of sp³-hybridized carbons (Fsp3) is 0.167. The Labute approximate surface area is 150 Å². The number of rotatable bonds is 2. The lowest BCUT2D eigenvalue weighted by Crippen LogP contribution is -2.54.